The summed E-state index contributed by atoms with van der Waals surface area (Å²) in [5.41, 5.74) is 2.29. The highest BCUT2D eigenvalue weighted by molar-refractivity contribution is 6.46. The van der Waals surface area contributed by atoms with Crippen LogP contribution in [0.5, 0.6) is 0 Å². The summed E-state index contributed by atoms with van der Waals surface area (Å²) in [6.07, 6.45) is 0.870. The van der Waals surface area contributed by atoms with Crippen molar-refractivity contribution in [1.82, 2.24) is 0 Å². The Labute approximate surface area is 94.2 Å². The Morgan fingerprint density at radius 2 is 1.33 bits per heavy atom. The first kappa shape index (κ1) is 12.8. The second-order valence-electron chi connectivity index (χ2n) is 5.67. The van der Waals surface area contributed by atoms with Crippen LogP contribution in [0.25, 0.3) is 0 Å². The second kappa shape index (κ2) is 3.95. The van der Waals surface area contributed by atoms with Gasteiger partial charge in [0.25, 0.3) is 0 Å². The van der Waals surface area contributed by atoms with E-state index in [1.807, 2.05) is 0 Å². The fraction of sp³-hybridized carbons (Fsp3) is 0.833. The standard InChI is InChI=1S/C12H23BO2/c1-9(2)10(3)8-13-14-11(4,5)12(6,7)15-13/h8H2,1-7H3. The first-order valence-corrected chi connectivity index (χ1v) is 5.64. The molecule has 3 heteroatoms. The Morgan fingerprint density at radius 3 is 1.67 bits per heavy atom. The van der Waals surface area contributed by atoms with Crippen LogP contribution < -0.4 is 0 Å². The van der Waals surface area contributed by atoms with Crippen molar-refractivity contribution < 1.29 is 9.31 Å². The Bertz CT molecular complexity index is 259. The molecule has 86 valence electrons. The fourth-order valence-corrected chi connectivity index (χ4v) is 1.50. The van der Waals surface area contributed by atoms with Gasteiger partial charge in [0, 0.05) is 6.32 Å². The monoisotopic (exact) mass is 210 g/mol. The van der Waals surface area contributed by atoms with Crippen LogP contribution in [-0.4, -0.2) is 18.3 Å². The van der Waals surface area contributed by atoms with Gasteiger partial charge in [-0.2, -0.15) is 0 Å². The molecular weight excluding hydrogens is 187 g/mol. The summed E-state index contributed by atoms with van der Waals surface area (Å²) in [4.78, 5) is 0. The van der Waals surface area contributed by atoms with Gasteiger partial charge in [-0.3, -0.25) is 0 Å². The highest BCUT2D eigenvalue weighted by Gasteiger charge is 2.50. The highest BCUT2D eigenvalue weighted by Crippen LogP contribution is 2.38. The SMILES string of the molecule is CC(C)=C(C)CB1OC(C)(C)C(C)(C)O1. The van der Waals surface area contributed by atoms with Gasteiger partial charge in [-0.05, 0) is 48.5 Å². The number of rotatable bonds is 2. The van der Waals surface area contributed by atoms with Gasteiger partial charge in [-0.1, -0.05) is 11.1 Å². The van der Waals surface area contributed by atoms with E-state index in [0.717, 1.165) is 6.32 Å². The number of hydrogen-bond acceptors (Lipinski definition) is 2. The zero-order valence-electron chi connectivity index (χ0n) is 11.1. The third-order valence-corrected chi connectivity index (χ3v) is 3.63. The van der Waals surface area contributed by atoms with Crippen LogP contribution in [0.3, 0.4) is 0 Å². The van der Waals surface area contributed by atoms with Crippen molar-refractivity contribution in [2.24, 2.45) is 0 Å². The molecule has 1 heterocycles. The van der Waals surface area contributed by atoms with Gasteiger partial charge in [0.1, 0.15) is 0 Å². The quantitative estimate of drug-likeness (QED) is 0.513. The van der Waals surface area contributed by atoms with E-state index in [2.05, 4.69) is 48.5 Å². The van der Waals surface area contributed by atoms with Crippen molar-refractivity contribution in [2.45, 2.75) is 66.0 Å². The van der Waals surface area contributed by atoms with Crippen LogP contribution in [0.2, 0.25) is 6.32 Å². The second-order valence-corrected chi connectivity index (χ2v) is 5.67. The lowest BCUT2D eigenvalue weighted by atomic mass is 9.80. The molecule has 0 spiro atoms. The zero-order valence-corrected chi connectivity index (χ0v) is 11.1. The molecule has 0 aliphatic carbocycles. The molecule has 15 heavy (non-hydrogen) atoms. The summed E-state index contributed by atoms with van der Waals surface area (Å²) >= 11 is 0. The van der Waals surface area contributed by atoms with Crippen molar-refractivity contribution in [2.75, 3.05) is 0 Å². The lowest BCUT2D eigenvalue weighted by molar-refractivity contribution is 0.00578. The van der Waals surface area contributed by atoms with Gasteiger partial charge in [0.05, 0.1) is 11.2 Å². The molecule has 0 unspecified atom stereocenters. The highest BCUT2D eigenvalue weighted by atomic mass is 16.7. The topological polar surface area (TPSA) is 18.5 Å². The van der Waals surface area contributed by atoms with Crippen molar-refractivity contribution in [1.29, 1.82) is 0 Å². The molecule has 2 nitrogen and oxygen atoms in total. The zero-order chi connectivity index (χ0) is 11.9. The summed E-state index contributed by atoms with van der Waals surface area (Å²) in [7, 11) is -0.0927. The van der Waals surface area contributed by atoms with Crippen molar-refractivity contribution in [3.8, 4) is 0 Å². The van der Waals surface area contributed by atoms with Crippen LogP contribution in [0, 0.1) is 0 Å². The van der Waals surface area contributed by atoms with Gasteiger partial charge >= 0.3 is 7.12 Å². The Morgan fingerprint density at radius 1 is 0.933 bits per heavy atom. The summed E-state index contributed by atoms with van der Waals surface area (Å²) < 4.78 is 11.9. The fourth-order valence-electron chi connectivity index (χ4n) is 1.50. The number of allylic oxidation sites excluding steroid dienone is 2. The maximum absolute atomic E-state index is 5.93. The third-order valence-electron chi connectivity index (χ3n) is 3.63. The Hall–Kier alpha value is -0.275. The van der Waals surface area contributed by atoms with Crippen LogP contribution in [0.15, 0.2) is 11.1 Å². The largest absolute Gasteiger partial charge is 0.462 e. The van der Waals surface area contributed by atoms with E-state index in [0.29, 0.717) is 0 Å². The molecule has 0 bridgehead atoms. The minimum atomic E-state index is -0.209. The van der Waals surface area contributed by atoms with E-state index in [4.69, 9.17) is 9.31 Å². The lowest BCUT2D eigenvalue weighted by Crippen LogP contribution is -2.41. The molecule has 0 atom stereocenters. The van der Waals surface area contributed by atoms with E-state index < -0.39 is 0 Å². The predicted molar refractivity (Wildman–Crippen MR) is 64.9 cm³/mol. The minimum Gasteiger partial charge on any atom is -0.403 e. The first-order chi connectivity index (χ1) is 6.66. The van der Waals surface area contributed by atoms with Gasteiger partial charge < -0.3 is 9.31 Å². The first-order valence-electron chi connectivity index (χ1n) is 5.64. The minimum absolute atomic E-state index is 0.0927. The molecule has 0 saturated carbocycles. The molecule has 0 aromatic rings. The predicted octanol–water partition coefficient (Wildman–Crippen LogP) is 3.43. The molecule has 0 aromatic heterocycles. The smallest absolute Gasteiger partial charge is 0.403 e. The molecule has 1 aliphatic heterocycles. The van der Waals surface area contributed by atoms with Gasteiger partial charge in [0.15, 0.2) is 0 Å². The average molecular weight is 210 g/mol. The van der Waals surface area contributed by atoms with Crippen LogP contribution in [-0.2, 0) is 9.31 Å². The average Bonchev–Trinajstić information content (AvgIpc) is 2.19. The van der Waals surface area contributed by atoms with Crippen LogP contribution in [0.4, 0.5) is 0 Å². The van der Waals surface area contributed by atoms with E-state index in [-0.39, 0.29) is 18.3 Å². The number of hydrogen-bond donors (Lipinski definition) is 0. The summed E-state index contributed by atoms with van der Waals surface area (Å²) in [6, 6.07) is 0. The van der Waals surface area contributed by atoms with E-state index in [1.165, 1.54) is 11.1 Å². The molecule has 0 amide bonds. The maximum atomic E-state index is 5.93. The van der Waals surface area contributed by atoms with Crippen molar-refractivity contribution in [3.63, 3.8) is 0 Å². The van der Waals surface area contributed by atoms with Crippen molar-refractivity contribution >= 4 is 7.12 Å². The van der Waals surface area contributed by atoms with Gasteiger partial charge in [0.2, 0.25) is 0 Å². The molecular formula is C12H23BO2. The summed E-state index contributed by atoms with van der Waals surface area (Å²) in [5.74, 6) is 0. The Balaban J connectivity index is 2.69. The molecule has 1 saturated heterocycles. The van der Waals surface area contributed by atoms with Crippen LogP contribution >= 0.6 is 0 Å². The molecule has 0 N–H and O–H groups in total. The third kappa shape index (κ3) is 2.64. The van der Waals surface area contributed by atoms with Crippen LogP contribution in [0.1, 0.15) is 48.5 Å². The van der Waals surface area contributed by atoms with E-state index >= 15 is 0 Å². The van der Waals surface area contributed by atoms with Gasteiger partial charge in [-0.15, -0.1) is 0 Å². The lowest BCUT2D eigenvalue weighted by Gasteiger charge is -2.32. The molecule has 1 rings (SSSR count). The van der Waals surface area contributed by atoms with Crippen molar-refractivity contribution in [3.05, 3.63) is 11.1 Å². The van der Waals surface area contributed by atoms with E-state index in [1.54, 1.807) is 0 Å². The molecule has 1 fully saturated rings. The Kier molecular flexibility index (Phi) is 3.37. The normalized spacial score (nSPS) is 23.0. The maximum Gasteiger partial charge on any atom is 0.462 e. The van der Waals surface area contributed by atoms with Gasteiger partial charge in [-0.25, -0.2) is 0 Å². The van der Waals surface area contributed by atoms with E-state index in [9.17, 15) is 0 Å². The molecule has 0 aromatic carbocycles. The summed E-state index contributed by atoms with van der Waals surface area (Å²) in [6.45, 7) is 14.7. The molecule has 0 radical (unpaired) electrons. The molecule has 1 aliphatic rings. The summed E-state index contributed by atoms with van der Waals surface area (Å²) in [5, 5.41) is 0.